The molecule has 0 amide bonds. The number of aryl methyl sites for hydroxylation is 1. The zero-order valence-electron chi connectivity index (χ0n) is 9.56. The van der Waals surface area contributed by atoms with Gasteiger partial charge in [0.2, 0.25) is 0 Å². The third-order valence-electron chi connectivity index (χ3n) is 2.91. The minimum absolute atomic E-state index is 0.0363. The standard InChI is InChI=1S/C11H17NO3S/c1-3-9-6-16(13,14)7-10(12-9)11-5-4-8(2)15-11/h4-5,9-10,12H,3,6-7H2,1-2H3. The summed E-state index contributed by atoms with van der Waals surface area (Å²) in [6, 6.07) is 3.55. The molecule has 2 rings (SSSR count). The van der Waals surface area contributed by atoms with Gasteiger partial charge in [0.05, 0.1) is 17.5 Å². The fourth-order valence-electron chi connectivity index (χ4n) is 2.05. The van der Waals surface area contributed by atoms with Crippen molar-refractivity contribution >= 4 is 9.84 Å². The van der Waals surface area contributed by atoms with Gasteiger partial charge in [0, 0.05) is 6.04 Å². The maximum Gasteiger partial charge on any atom is 0.153 e. The quantitative estimate of drug-likeness (QED) is 0.853. The summed E-state index contributed by atoms with van der Waals surface area (Å²) < 4.78 is 28.9. The van der Waals surface area contributed by atoms with Gasteiger partial charge in [-0.25, -0.2) is 8.42 Å². The Labute approximate surface area is 95.9 Å². The summed E-state index contributed by atoms with van der Waals surface area (Å²) in [5.41, 5.74) is 0. The molecule has 1 fully saturated rings. The number of nitrogens with one attached hydrogen (secondary N) is 1. The predicted molar refractivity (Wildman–Crippen MR) is 62.1 cm³/mol. The van der Waals surface area contributed by atoms with E-state index in [1.807, 2.05) is 26.0 Å². The van der Waals surface area contributed by atoms with Crippen LogP contribution < -0.4 is 5.32 Å². The lowest BCUT2D eigenvalue weighted by Gasteiger charge is -2.29. The maximum atomic E-state index is 11.7. The molecule has 2 unspecified atom stereocenters. The van der Waals surface area contributed by atoms with Gasteiger partial charge < -0.3 is 9.73 Å². The molecule has 0 aromatic carbocycles. The van der Waals surface area contributed by atoms with Gasteiger partial charge >= 0.3 is 0 Å². The Morgan fingerprint density at radius 2 is 2.19 bits per heavy atom. The molecule has 1 aromatic heterocycles. The Kier molecular flexibility index (Phi) is 3.08. The van der Waals surface area contributed by atoms with Crippen molar-refractivity contribution in [2.45, 2.75) is 32.4 Å². The molecule has 1 aliphatic rings. The van der Waals surface area contributed by atoms with E-state index in [1.165, 1.54) is 0 Å². The van der Waals surface area contributed by atoms with Crippen LogP contribution in [0, 0.1) is 6.92 Å². The Morgan fingerprint density at radius 3 is 2.75 bits per heavy atom. The third kappa shape index (κ3) is 2.47. The first kappa shape index (κ1) is 11.7. The summed E-state index contributed by atoms with van der Waals surface area (Å²) in [6.45, 7) is 3.85. The highest BCUT2D eigenvalue weighted by molar-refractivity contribution is 7.91. The van der Waals surface area contributed by atoms with Gasteiger partial charge in [0.15, 0.2) is 9.84 Å². The second kappa shape index (κ2) is 4.22. The molecule has 1 aromatic rings. The molecule has 1 aliphatic heterocycles. The van der Waals surface area contributed by atoms with Crippen LogP contribution >= 0.6 is 0 Å². The second-order valence-corrected chi connectivity index (χ2v) is 6.50. The first-order valence-corrected chi connectivity index (χ1v) is 7.35. The van der Waals surface area contributed by atoms with Gasteiger partial charge in [-0.2, -0.15) is 0 Å². The smallest absolute Gasteiger partial charge is 0.153 e. The SMILES string of the molecule is CCC1CS(=O)(=O)CC(c2ccc(C)o2)N1. The minimum atomic E-state index is -2.95. The van der Waals surface area contributed by atoms with Crippen LogP contribution in [0.3, 0.4) is 0 Å². The Hall–Kier alpha value is -0.810. The van der Waals surface area contributed by atoms with Crippen molar-refractivity contribution in [3.8, 4) is 0 Å². The van der Waals surface area contributed by atoms with Crippen molar-refractivity contribution < 1.29 is 12.8 Å². The largest absolute Gasteiger partial charge is 0.465 e. The van der Waals surface area contributed by atoms with Gasteiger partial charge in [0.1, 0.15) is 11.5 Å². The molecule has 0 aliphatic carbocycles. The molecule has 2 atom stereocenters. The number of hydrogen-bond donors (Lipinski definition) is 1. The number of hydrogen-bond acceptors (Lipinski definition) is 4. The van der Waals surface area contributed by atoms with E-state index >= 15 is 0 Å². The van der Waals surface area contributed by atoms with E-state index in [-0.39, 0.29) is 23.6 Å². The maximum absolute atomic E-state index is 11.7. The molecule has 1 N–H and O–H groups in total. The molecule has 0 spiro atoms. The monoisotopic (exact) mass is 243 g/mol. The summed E-state index contributed by atoms with van der Waals surface area (Å²) in [7, 11) is -2.95. The van der Waals surface area contributed by atoms with E-state index in [0.717, 1.165) is 17.9 Å². The first-order chi connectivity index (χ1) is 7.50. The average molecular weight is 243 g/mol. The van der Waals surface area contributed by atoms with Crippen molar-refractivity contribution in [1.82, 2.24) is 5.32 Å². The molecule has 90 valence electrons. The van der Waals surface area contributed by atoms with Crippen LogP contribution in [-0.4, -0.2) is 26.0 Å². The highest BCUT2D eigenvalue weighted by Crippen LogP contribution is 2.23. The molecule has 0 radical (unpaired) electrons. The lowest BCUT2D eigenvalue weighted by molar-refractivity contribution is 0.372. The zero-order chi connectivity index (χ0) is 11.8. The van der Waals surface area contributed by atoms with Crippen molar-refractivity contribution in [1.29, 1.82) is 0 Å². The van der Waals surface area contributed by atoms with Gasteiger partial charge in [-0.05, 0) is 25.5 Å². The summed E-state index contributed by atoms with van der Waals surface area (Å²) in [5, 5.41) is 3.32. The number of sulfone groups is 1. The Bertz CT molecular complexity index is 463. The van der Waals surface area contributed by atoms with Crippen LogP contribution in [0.15, 0.2) is 16.5 Å². The molecular formula is C11H17NO3S. The predicted octanol–water partition coefficient (Wildman–Crippen LogP) is 1.43. The summed E-state index contributed by atoms with van der Waals surface area (Å²) >= 11 is 0. The molecule has 16 heavy (non-hydrogen) atoms. The van der Waals surface area contributed by atoms with Crippen LogP contribution in [0.1, 0.15) is 30.9 Å². The van der Waals surface area contributed by atoms with E-state index in [0.29, 0.717) is 0 Å². The summed E-state index contributed by atoms with van der Waals surface area (Å²) in [4.78, 5) is 0. The van der Waals surface area contributed by atoms with E-state index in [2.05, 4.69) is 5.32 Å². The van der Waals surface area contributed by atoms with Crippen molar-refractivity contribution in [3.05, 3.63) is 23.7 Å². The summed E-state index contributed by atoms with van der Waals surface area (Å²) in [5.74, 6) is 1.91. The normalized spacial score (nSPS) is 29.1. The highest BCUT2D eigenvalue weighted by Gasteiger charge is 2.32. The van der Waals surface area contributed by atoms with Gasteiger partial charge in [-0.3, -0.25) is 0 Å². The van der Waals surface area contributed by atoms with Crippen LogP contribution in [-0.2, 0) is 9.84 Å². The zero-order valence-corrected chi connectivity index (χ0v) is 10.4. The fourth-order valence-corrected chi connectivity index (χ4v) is 3.90. The van der Waals surface area contributed by atoms with Crippen LogP contribution in [0.25, 0.3) is 0 Å². The molecule has 4 nitrogen and oxygen atoms in total. The molecular weight excluding hydrogens is 226 g/mol. The van der Waals surface area contributed by atoms with Crippen molar-refractivity contribution in [2.24, 2.45) is 0 Å². The van der Waals surface area contributed by atoms with Crippen molar-refractivity contribution in [2.75, 3.05) is 11.5 Å². The lowest BCUT2D eigenvalue weighted by Crippen LogP contribution is -2.46. The lowest BCUT2D eigenvalue weighted by atomic mass is 10.2. The highest BCUT2D eigenvalue weighted by atomic mass is 32.2. The topological polar surface area (TPSA) is 59.3 Å². The van der Waals surface area contributed by atoms with E-state index in [9.17, 15) is 8.42 Å². The van der Waals surface area contributed by atoms with Crippen LogP contribution in [0.2, 0.25) is 0 Å². The van der Waals surface area contributed by atoms with E-state index in [4.69, 9.17) is 4.42 Å². The molecule has 0 bridgehead atoms. The second-order valence-electron chi connectivity index (χ2n) is 4.35. The van der Waals surface area contributed by atoms with Crippen LogP contribution in [0.5, 0.6) is 0 Å². The molecule has 2 heterocycles. The van der Waals surface area contributed by atoms with Gasteiger partial charge in [-0.1, -0.05) is 6.92 Å². The van der Waals surface area contributed by atoms with Gasteiger partial charge in [0.25, 0.3) is 0 Å². The van der Waals surface area contributed by atoms with Crippen molar-refractivity contribution in [3.63, 3.8) is 0 Å². The average Bonchev–Trinajstić information content (AvgIpc) is 2.62. The van der Waals surface area contributed by atoms with Gasteiger partial charge in [-0.15, -0.1) is 0 Å². The Balaban J connectivity index is 2.22. The third-order valence-corrected chi connectivity index (χ3v) is 4.66. The summed E-state index contributed by atoms with van der Waals surface area (Å²) in [6.07, 6.45) is 0.815. The van der Waals surface area contributed by atoms with E-state index in [1.54, 1.807) is 0 Å². The molecule has 1 saturated heterocycles. The van der Waals surface area contributed by atoms with Crippen LogP contribution in [0.4, 0.5) is 0 Å². The molecule has 5 heteroatoms. The molecule has 0 saturated carbocycles. The Morgan fingerprint density at radius 1 is 1.44 bits per heavy atom. The first-order valence-electron chi connectivity index (χ1n) is 5.53. The fraction of sp³-hybridized carbons (Fsp3) is 0.636. The van der Waals surface area contributed by atoms with E-state index < -0.39 is 9.84 Å². The minimum Gasteiger partial charge on any atom is -0.465 e. The number of rotatable bonds is 2. The number of furan rings is 1.